The molecule has 0 atom stereocenters. The number of hydrogen-bond donors (Lipinski definition) is 0. The van der Waals surface area contributed by atoms with Gasteiger partial charge in [0.2, 0.25) is 6.33 Å². The minimum atomic E-state index is -6.09. The summed E-state index contributed by atoms with van der Waals surface area (Å²) in [6.45, 7) is 6.75. The first kappa shape index (κ1) is 15.6. The molecule has 1 aromatic rings. The van der Waals surface area contributed by atoms with E-state index >= 15 is 0 Å². The van der Waals surface area contributed by atoms with E-state index in [0.29, 0.717) is 0 Å². The van der Waals surface area contributed by atoms with Gasteiger partial charge < -0.3 is 4.55 Å². The summed E-state index contributed by atoms with van der Waals surface area (Å²) in [6.07, 6.45) is 7.75. The van der Waals surface area contributed by atoms with E-state index in [1.54, 1.807) is 6.20 Å². The van der Waals surface area contributed by atoms with E-state index in [1.807, 2.05) is 23.3 Å². The molecule has 9 heteroatoms. The molecule has 5 nitrogen and oxygen atoms in total. The van der Waals surface area contributed by atoms with E-state index in [2.05, 4.69) is 18.1 Å². The first-order valence-electron chi connectivity index (χ1n) is 4.33. The largest absolute Gasteiger partial charge is 0.741 e. The summed E-state index contributed by atoms with van der Waals surface area (Å²) in [5.41, 5.74) is -5.65. The highest BCUT2D eigenvalue weighted by Gasteiger charge is 2.36. The summed E-state index contributed by atoms with van der Waals surface area (Å²) in [6, 6.07) is 0. The zero-order valence-corrected chi connectivity index (χ0v) is 9.70. The average Bonchev–Trinajstić information content (AvgIpc) is 2.63. The molecule has 0 saturated heterocycles. The van der Waals surface area contributed by atoms with Crippen molar-refractivity contribution in [1.29, 1.82) is 0 Å². The lowest BCUT2D eigenvalue weighted by molar-refractivity contribution is -0.692. The first-order valence-corrected chi connectivity index (χ1v) is 5.74. The molecule has 0 bridgehead atoms. The zero-order chi connectivity index (χ0) is 13.7. The maximum Gasteiger partial charge on any atom is 0.485 e. The zero-order valence-electron chi connectivity index (χ0n) is 8.88. The molecule has 0 spiro atoms. The third-order valence-electron chi connectivity index (χ3n) is 1.57. The summed E-state index contributed by atoms with van der Waals surface area (Å²) < 4.78 is 62.9. The molecule has 0 aliphatic carbocycles. The van der Waals surface area contributed by atoms with Crippen LogP contribution in [-0.4, -0.2) is 23.0 Å². The Morgan fingerprint density at radius 1 is 1.53 bits per heavy atom. The third kappa shape index (κ3) is 5.50. The van der Waals surface area contributed by atoms with Crippen LogP contribution in [0.15, 0.2) is 25.3 Å². The fourth-order valence-corrected chi connectivity index (χ4v) is 0.706. The predicted octanol–water partition coefficient (Wildman–Crippen LogP) is 0.947. The smallest absolute Gasteiger partial charge is 0.485 e. The second-order valence-electron chi connectivity index (χ2n) is 2.77. The number of aromatic nitrogens is 2. The molecule has 0 amide bonds. The van der Waals surface area contributed by atoms with Crippen molar-refractivity contribution in [1.82, 2.24) is 4.57 Å². The normalized spacial score (nSPS) is 11.6. The Kier molecular flexibility index (Phi) is 5.36. The monoisotopic (exact) mass is 272 g/mol. The van der Waals surface area contributed by atoms with Crippen LogP contribution < -0.4 is 4.57 Å². The van der Waals surface area contributed by atoms with E-state index in [1.165, 1.54) is 0 Å². The van der Waals surface area contributed by atoms with Crippen molar-refractivity contribution in [2.75, 3.05) is 0 Å². The summed E-state index contributed by atoms with van der Waals surface area (Å²) in [4.78, 5) is 0. The maximum atomic E-state index is 10.7. The van der Waals surface area contributed by atoms with Gasteiger partial charge in [-0.05, 0) is 6.92 Å². The van der Waals surface area contributed by atoms with Crippen LogP contribution >= 0.6 is 0 Å². The number of hydrogen-bond acceptors (Lipinski definition) is 3. The lowest BCUT2D eigenvalue weighted by Gasteiger charge is -2.08. The lowest BCUT2D eigenvalue weighted by atomic mass is 10.7. The van der Waals surface area contributed by atoms with Crippen molar-refractivity contribution in [3.63, 3.8) is 0 Å². The van der Waals surface area contributed by atoms with E-state index in [4.69, 9.17) is 13.0 Å². The second-order valence-corrected chi connectivity index (χ2v) is 4.14. The molecule has 0 fully saturated rings. The fraction of sp³-hybridized carbons (Fsp3) is 0.375. The van der Waals surface area contributed by atoms with Gasteiger partial charge in [0.25, 0.3) is 0 Å². The number of rotatable bonds is 2. The predicted molar refractivity (Wildman–Crippen MR) is 52.4 cm³/mol. The van der Waals surface area contributed by atoms with Crippen LogP contribution in [-0.2, 0) is 16.7 Å². The van der Waals surface area contributed by atoms with Gasteiger partial charge in [0, 0.05) is 0 Å². The van der Waals surface area contributed by atoms with Gasteiger partial charge in [-0.2, -0.15) is 13.2 Å². The van der Waals surface area contributed by atoms with Crippen molar-refractivity contribution in [2.45, 2.75) is 19.0 Å². The highest BCUT2D eigenvalue weighted by Crippen LogP contribution is 2.20. The van der Waals surface area contributed by atoms with E-state index in [-0.39, 0.29) is 0 Å². The fourth-order valence-electron chi connectivity index (χ4n) is 0.706. The van der Waals surface area contributed by atoms with Crippen molar-refractivity contribution < 1.29 is 30.7 Å². The Morgan fingerprint density at radius 2 is 2.00 bits per heavy atom. The van der Waals surface area contributed by atoms with Crippen LogP contribution in [0.5, 0.6) is 0 Å². The first-order chi connectivity index (χ1) is 7.61. The lowest BCUT2D eigenvalue weighted by Crippen LogP contribution is -2.28. The molecular weight excluding hydrogens is 261 g/mol. The second kappa shape index (κ2) is 5.82. The van der Waals surface area contributed by atoms with Crippen LogP contribution in [0.3, 0.4) is 0 Å². The van der Waals surface area contributed by atoms with Crippen LogP contribution in [0.1, 0.15) is 6.92 Å². The van der Waals surface area contributed by atoms with Gasteiger partial charge in [0.1, 0.15) is 12.4 Å². The Morgan fingerprint density at radius 3 is 2.18 bits per heavy atom. The van der Waals surface area contributed by atoms with E-state index < -0.39 is 15.6 Å². The standard InChI is InChI=1S/C7H11N2.CHF3O3S/c1-3-8-5-6-9(4-2)7-8;2-1(3,4)8(5,6)7/h3,5-7H,1,4H2,2H3;(H,5,6,7)/q+1;/p-1. The van der Waals surface area contributed by atoms with E-state index in [9.17, 15) is 13.2 Å². The Labute approximate surface area is 96.5 Å². The molecule has 1 rings (SSSR count). The molecule has 0 N–H and O–H groups in total. The molecule has 0 aliphatic heterocycles. The molecule has 0 unspecified atom stereocenters. The molecule has 1 aromatic heterocycles. The summed E-state index contributed by atoms with van der Waals surface area (Å²) in [5, 5.41) is 0. The van der Waals surface area contributed by atoms with E-state index in [0.717, 1.165) is 6.54 Å². The highest BCUT2D eigenvalue weighted by atomic mass is 32.2. The number of halogens is 3. The number of aryl methyl sites for hydroxylation is 1. The molecule has 0 aliphatic rings. The Hall–Kier alpha value is -1.35. The summed E-state index contributed by atoms with van der Waals surface area (Å²) >= 11 is 0. The molecule has 0 saturated carbocycles. The summed E-state index contributed by atoms with van der Waals surface area (Å²) in [5.74, 6) is 0. The van der Waals surface area contributed by atoms with Crippen LogP contribution in [0.2, 0.25) is 0 Å². The van der Waals surface area contributed by atoms with Gasteiger partial charge in [-0.15, -0.1) is 0 Å². The summed E-state index contributed by atoms with van der Waals surface area (Å²) in [7, 11) is -6.09. The van der Waals surface area contributed by atoms with Crippen LogP contribution in [0, 0.1) is 0 Å². The Bertz CT molecular complexity index is 465. The van der Waals surface area contributed by atoms with Crippen molar-refractivity contribution in [3.05, 3.63) is 25.3 Å². The van der Waals surface area contributed by atoms with Gasteiger partial charge in [0.05, 0.1) is 12.7 Å². The van der Waals surface area contributed by atoms with Crippen molar-refractivity contribution in [3.8, 4) is 0 Å². The van der Waals surface area contributed by atoms with Gasteiger partial charge in [-0.3, -0.25) is 0 Å². The van der Waals surface area contributed by atoms with Crippen molar-refractivity contribution >= 4 is 16.3 Å². The van der Waals surface area contributed by atoms with Gasteiger partial charge in [0.15, 0.2) is 10.1 Å². The number of nitrogens with zero attached hydrogens (tertiary/aromatic N) is 2. The maximum absolute atomic E-state index is 10.7. The minimum Gasteiger partial charge on any atom is -0.741 e. The minimum absolute atomic E-state index is 1.01. The molecule has 17 heavy (non-hydrogen) atoms. The average molecular weight is 272 g/mol. The quantitative estimate of drug-likeness (QED) is 0.457. The number of imidazole rings is 1. The van der Waals surface area contributed by atoms with Crippen molar-refractivity contribution in [2.24, 2.45) is 0 Å². The van der Waals surface area contributed by atoms with Gasteiger partial charge in [-0.1, -0.05) is 6.58 Å². The van der Waals surface area contributed by atoms with Gasteiger partial charge >= 0.3 is 5.51 Å². The van der Waals surface area contributed by atoms with Crippen LogP contribution in [0.4, 0.5) is 13.2 Å². The molecule has 0 radical (unpaired) electrons. The molecule has 1 heterocycles. The molecular formula is C8H11F3N2O3S. The number of alkyl halides is 3. The third-order valence-corrected chi connectivity index (χ3v) is 2.14. The van der Waals surface area contributed by atoms with Gasteiger partial charge in [-0.25, -0.2) is 17.6 Å². The molecule has 98 valence electrons. The Balaban J connectivity index is 0.000000304. The molecule has 0 aromatic carbocycles. The SMILES string of the molecule is C=Cn1cc[n+](CC)c1.O=S(=O)([O-])C(F)(F)F. The van der Waals surface area contributed by atoms with Crippen LogP contribution in [0.25, 0.3) is 6.20 Å². The topological polar surface area (TPSA) is 66.0 Å². The highest BCUT2D eigenvalue weighted by molar-refractivity contribution is 7.86.